The number of phenols is 1. The molecule has 28 heavy (non-hydrogen) atoms. The van der Waals surface area contributed by atoms with Gasteiger partial charge in [0, 0.05) is 29.6 Å². The summed E-state index contributed by atoms with van der Waals surface area (Å²) in [7, 11) is 0. The van der Waals surface area contributed by atoms with Crippen molar-refractivity contribution < 1.29 is 9.90 Å². The third-order valence-corrected chi connectivity index (χ3v) is 5.28. The Morgan fingerprint density at radius 1 is 1.21 bits per heavy atom. The van der Waals surface area contributed by atoms with Gasteiger partial charge in [0.15, 0.2) is 0 Å². The number of nitrogens with one attached hydrogen (secondary N) is 2. The maximum absolute atomic E-state index is 12.8. The van der Waals surface area contributed by atoms with E-state index in [0.717, 1.165) is 24.1 Å². The van der Waals surface area contributed by atoms with Gasteiger partial charge in [0.2, 0.25) is 5.91 Å². The van der Waals surface area contributed by atoms with Gasteiger partial charge in [-0.05, 0) is 51.0 Å². The predicted octanol–water partition coefficient (Wildman–Crippen LogP) is 4.05. The van der Waals surface area contributed by atoms with Crippen molar-refractivity contribution in [2.24, 2.45) is 0 Å². The molecule has 1 fully saturated rings. The number of amides is 1. The van der Waals surface area contributed by atoms with Gasteiger partial charge in [-0.2, -0.15) is 0 Å². The lowest BCUT2D eigenvalue weighted by Gasteiger charge is -2.21. The third kappa shape index (κ3) is 3.47. The first-order valence-corrected chi connectivity index (χ1v) is 9.55. The summed E-state index contributed by atoms with van der Waals surface area (Å²) < 4.78 is 0. The number of pyridine rings is 1. The van der Waals surface area contributed by atoms with Gasteiger partial charge in [-0.25, -0.2) is 4.98 Å². The van der Waals surface area contributed by atoms with Crippen LogP contribution in [0.1, 0.15) is 32.5 Å². The number of carbonyl (C=O) groups is 1. The summed E-state index contributed by atoms with van der Waals surface area (Å²) in [6.07, 6.45) is 5.45. The fraction of sp³-hybridized carbons (Fsp3) is 0.286. The number of H-pyrrole nitrogens is 1. The number of nitrogens with zero attached hydrogens (tertiary/aromatic N) is 2. The second-order valence-corrected chi connectivity index (χ2v) is 7.99. The lowest BCUT2D eigenvalue weighted by Crippen LogP contribution is -2.41. The van der Waals surface area contributed by atoms with Gasteiger partial charge in [-0.1, -0.05) is 17.7 Å². The van der Waals surface area contributed by atoms with Crippen LogP contribution in [0.25, 0.3) is 22.5 Å². The van der Waals surface area contributed by atoms with Crippen molar-refractivity contribution in [3.05, 3.63) is 53.6 Å². The second-order valence-electron chi connectivity index (χ2n) is 7.58. The van der Waals surface area contributed by atoms with Gasteiger partial charge < -0.3 is 15.4 Å². The van der Waals surface area contributed by atoms with E-state index in [0.29, 0.717) is 17.1 Å². The van der Waals surface area contributed by atoms with Crippen LogP contribution < -0.4 is 5.32 Å². The molecule has 2 aromatic heterocycles. The van der Waals surface area contributed by atoms with Crippen LogP contribution in [0.3, 0.4) is 0 Å². The molecule has 144 valence electrons. The van der Waals surface area contributed by atoms with E-state index in [9.17, 15) is 9.90 Å². The summed E-state index contributed by atoms with van der Waals surface area (Å²) in [5, 5.41) is 13.4. The van der Waals surface area contributed by atoms with Crippen LogP contribution in [0.15, 0.2) is 42.7 Å². The number of hydrogen-bond acceptors (Lipinski definition) is 4. The molecule has 6 nitrogen and oxygen atoms in total. The Bertz CT molecular complexity index is 1030. The highest BCUT2D eigenvalue weighted by molar-refractivity contribution is 6.32. The maximum Gasteiger partial charge on any atom is 0.233 e. The van der Waals surface area contributed by atoms with Crippen LogP contribution in [-0.2, 0) is 10.2 Å². The zero-order valence-electron chi connectivity index (χ0n) is 15.7. The largest absolute Gasteiger partial charge is 0.506 e. The number of aromatic amines is 1. The van der Waals surface area contributed by atoms with E-state index in [1.807, 2.05) is 26.0 Å². The first-order valence-electron chi connectivity index (χ1n) is 9.17. The van der Waals surface area contributed by atoms with Crippen LogP contribution in [0.5, 0.6) is 5.75 Å². The van der Waals surface area contributed by atoms with E-state index >= 15 is 0 Å². The molecule has 0 radical (unpaired) electrons. The highest BCUT2D eigenvalue weighted by atomic mass is 35.5. The van der Waals surface area contributed by atoms with Crippen molar-refractivity contribution in [3.63, 3.8) is 0 Å². The first-order chi connectivity index (χ1) is 13.4. The fourth-order valence-electron chi connectivity index (χ4n) is 2.97. The minimum atomic E-state index is -0.836. The number of halogens is 1. The Hall–Kier alpha value is -2.86. The molecule has 0 bridgehead atoms. The van der Waals surface area contributed by atoms with E-state index in [2.05, 4.69) is 15.3 Å². The first kappa shape index (κ1) is 18.5. The van der Waals surface area contributed by atoms with Crippen LogP contribution >= 0.6 is 11.6 Å². The number of rotatable bonds is 5. The molecule has 2 heterocycles. The van der Waals surface area contributed by atoms with Gasteiger partial charge in [0.25, 0.3) is 0 Å². The normalized spacial score (nSPS) is 14.1. The van der Waals surface area contributed by atoms with Crippen LogP contribution in [0, 0.1) is 0 Å². The molecule has 0 atom stereocenters. The Labute approximate surface area is 168 Å². The van der Waals surface area contributed by atoms with Gasteiger partial charge in [0.05, 0.1) is 16.4 Å². The molecule has 1 saturated carbocycles. The summed E-state index contributed by atoms with van der Waals surface area (Å²) >= 11 is 5.96. The Kier molecular flexibility index (Phi) is 4.59. The van der Waals surface area contributed by atoms with E-state index in [4.69, 9.17) is 16.6 Å². The van der Waals surface area contributed by atoms with Crippen molar-refractivity contribution in [2.75, 3.05) is 0 Å². The average molecular weight is 397 g/mol. The lowest BCUT2D eigenvalue weighted by atomic mass is 9.91. The maximum atomic E-state index is 12.8. The predicted molar refractivity (Wildman–Crippen MR) is 108 cm³/mol. The van der Waals surface area contributed by atoms with E-state index in [1.54, 1.807) is 30.6 Å². The van der Waals surface area contributed by atoms with Crippen molar-refractivity contribution in [3.8, 4) is 28.3 Å². The van der Waals surface area contributed by atoms with E-state index < -0.39 is 5.41 Å². The summed E-state index contributed by atoms with van der Waals surface area (Å²) in [4.78, 5) is 24.9. The highest BCUT2D eigenvalue weighted by Gasteiger charge is 2.37. The van der Waals surface area contributed by atoms with Crippen LogP contribution in [0.4, 0.5) is 0 Å². The van der Waals surface area contributed by atoms with E-state index in [-0.39, 0.29) is 22.7 Å². The van der Waals surface area contributed by atoms with Crippen LogP contribution in [0.2, 0.25) is 5.02 Å². The molecular formula is C21H21ClN4O2. The Balaban J connectivity index is 1.82. The summed E-state index contributed by atoms with van der Waals surface area (Å²) in [5.74, 6) is 0.479. The Morgan fingerprint density at radius 3 is 2.57 bits per heavy atom. The summed E-state index contributed by atoms with van der Waals surface area (Å²) in [6.45, 7) is 3.70. The van der Waals surface area contributed by atoms with Gasteiger partial charge in [-0.15, -0.1) is 0 Å². The monoisotopic (exact) mass is 396 g/mol. The molecule has 0 aliphatic heterocycles. The molecule has 3 N–H and O–H groups in total. The fourth-order valence-corrected chi connectivity index (χ4v) is 3.08. The second kappa shape index (κ2) is 6.95. The molecule has 0 spiro atoms. The molecule has 1 aliphatic rings. The third-order valence-electron chi connectivity index (χ3n) is 4.96. The number of aromatic nitrogens is 3. The molecule has 4 rings (SSSR count). The zero-order chi connectivity index (χ0) is 19.9. The molecule has 3 aromatic rings. The van der Waals surface area contributed by atoms with Gasteiger partial charge >= 0.3 is 0 Å². The summed E-state index contributed by atoms with van der Waals surface area (Å²) in [6, 6.07) is 9.01. The number of carbonyl (C=O) groups excluding carboxylic acids is 1. The Morgan fingerprint density at radius 2 is 1.93 bits per heavy atom. The molecule has 1 amide bonds. The highest BCUT2D eigenvalue weighted by Crippen LogP contribution is 2.36. The van der Waals surface area contributed by atoms with Crippen molar-refractivity contribution in [1.29, 1.82) is 0 Å². The number of imidazole rings is 1. The molecule has 0 saturated heterocycles. The molecule has 1 aromatic carbocycles. The summed E-state index contributed by atoms with van der Waals surface area (Å²) in [5.41, 5.74) is 2.15. The number of benzene rings is 1. The van der Waals surface area contributed by atoms with Crippen molar-refractivity contribution in [1.82, 2.24) is 20.3 Å². The quantitative estimate of drug-likeness (QED) is 0.606. The average Bonchev–Trinajstić information content (AvgIpc) is 3.38. The standard InChI is InChI=1S/C21H21ClN4O2/c1-21(2,20(28)24-14-4-5-14)19-25-17(12-7-9-23-10-8-12)18(26-19)13-3-6-15(22)16(27)11-13/h3,6-11,14,27H,4-5H2,1-2H3,(H,24,28)(H,25,26). The number of phenolic OH excluding ortho intramolecular Hbond substituents is 1. The SMILES string of the molecule is CC(C)(C(=O)NC1CC1)c1nc(-c2ccc(Cl)c(O)c2)c(-c2ccncc2)[nH]1. The molecule has 0 unspecified atom stereocenters. The minimum Gasteiger partial charge on any atom is -0.506 e. The minimum absolute atomic E-state index is 0.0184. The topological polar surface area (TPSA) is 90.9 Å². The smallest absolute Gasteiger partial charge is 0.233 e. The van der Waals surface area contributed by atoms with Crippen LogP contribution in [-0.4, -0.2) is 32.0 Å². The van der Waals surface area contributed by atoms with Crippen molar-refractivity contribution >= 4 is 17.5 Å². The molecule has 1 aliphatic carbocycles. The van der Waals surface area contributed by atoms with Gasteiger partial charge in [-0.3, -0.25) is 9.78 Å². The van der Waals surface area contributed by atoms with Gasteiger partial charge in [0.1, 0.15) is 17.0 Å². The number of hydrogen-bond donors (Lipinski definition) is 3. The van der Waals surface area contributed by atoms with E-state index in [1.165, 1.54) is 0 Å². The number of aromatic hydroxyl groups is 1. The van der Waals surface area contributed by atoms with Crippen molar-refractivity contribution in [2.45, 2.75) is 38.1 Å². The molecule has 7 heteroatoms. The lowest BCUT2D eigenvalue weighted by molar-refractivity contribution is -0.126. The molecular weight excluding hydrogens is 376 g/mol. The zero-order valence-corrected chi connectivity index (χ0v) is 16.4.